The van der Waals surface area contributed by atoms with Crippen molar-refractivity contribution in [3.05, 3.63) is 77.1 Å². The lowest BCUT2D eigenvalue weighted by Crippen LogP contribution is -2.16. The molecule has 4 aromatic rings. The van der Waals surface area contributed by atoms with Crippen LogP contribution >= 0.6 is 0 Å². The Labute approximate surface area is 168 Å². The van der Waals surface area contributed by atoms with Gasteiger partial charge in [-0.2, -0.15) is 10.2 Å². The number of hydrogen-bond donors (Lipinski definition) is 1. The molecule has 1 amide bonds. The number of hydrogen-bond acceptors (Lipinski definition) is 5. The Balaban J connectivity index is 1.39. The summed E-state index contributed by atoms with van der Waals surface area (Å²) < 4.78 is 5.18. The maximum absolute atomic E-state index is 12.5. The zero-order valence-electron chi connectivity index (χ0n) is 16.6. The zero-order valence-corrected chi connectivity index (χ0v) is 16.6. The molecule has 3 aromatic heterocycles. The fraction of sp³-hybridized carbons (Fsp3) is 0.250. The number of aromatic nitrogens is 7. The lowest BCUT2D eigenvalue weighted by atomic mass is 10.1. The summed E-state index contributed by atoms with van der Waals surface area (Å²) in [6.45, 7) is 7.00. The van der Waals surface area contributed by atoms with E-state index in [4.69, 9.17) is 0 Å². The van der Waals surface area contributed by atoms with Gasteiger partial charge in [-0.25, -0.2) is 14.3 Å². The van der Waals surface area contributed by atoms with Gasteiger partial charge in [-0.05, 0) is 38.5 Å². The van der Waals surface area contributed by atoms with E-state index < -0.39 is 0 Å². The van der Waals surface area contributed by atoms with Crippen LogP contribution in [-0.4, -0.2) is 40.2 Å². The number of rotatable bonds is 6. The fourth-order valence-corrected chi connectivity index (χ4v) is 3.11. The highest BCUT2D eigenvalue weighted by Crippen LogP contribution is 2.08. The van der Waals surface area contributed by atoms with Gasteiger partial charge in [0.1, 0.15) is 13.0 Å². The van der Waals surface area contributed by atoms with Crippen molar-refractivity contribution in [3.63, 3.8) is 0 Å². The van der Waals surface area contributed by atoms with Crippen LogP contribution in [0, 0.1) is 20.8 Å². The monoisotopic (exact) mass is 390 g/mol. The third kappa shape index (κ3) is 4.40. The minimum Gasteiger partial charge on any atom is -0.288 e. The number of carbonyl (C=O) groups is 1. The minimum atomic E-state index is -0.356. The van der Waals surface area contributed by atoms with E-state index in [2.05, 4.69) is 31.7 Å². The van der Waals surface area contributed by atoms with Crippen molar-refractivity contribution >= 4 is 11.9 Å². The predicted molar refractivity (Wildman–Crippen MR) is 108 cm³/mol. The first-order chi connectivity index (χ1) is 14.0. The molecule has 1 N–H and O–H groups in total. The Kier molecular flexibility index (Phi) is 4.94. The average molecular weight is 390 g/mol. The number of anilines is 1. The van der Waals surface area contributed by atoms with Crippen LogP contribution < -0.4 is 5.32 Å². The molecule has 0 bridgehead atoms. The Morgan fingerprint density at radius 2 is 1.90 bits per heavy atom. The van der Waals surface area contributed by atoms with Crippen LogP contribution in [0.2, 0.25) is 0 Å². The van der Waals surface area contributed by atoms with Gasteiger partial charge in [0.2, 0.25) is 5.95 Å². The Hall–Kier alpha value is -3.75. The van der Waals surface area contributed by atoms with E-state index in [1.54, 1.807) is 28.0 Å². The van der Waals surface area contributed by atoms with Crippen molar-refractivity contribution < 1.29 is 4.79 Å². The maximum atomic E-state index is 12.5. The lowest BCUT2D eigenvalue weighted by molar-refractivity contribution is 0.102. The quantitative estimate of drug-likeness (QED) is 0.545. The molecule has 0 radical (unpaired) electrons. The molecular formula is C20H22N8O. The number of aryl methyl sites for hydroxylation is 3. The predicted octanol–water partition coefficient (Wildman–Crippen LogP) is 2.40. The van der Waals surface area contributed by atoms with E-state index >= 15 is 0 Å². The van der Waals surface area contributed by atoms with E-state index in [0.29, 0.717) is 18.9 Å². The van der Waals surface area contributed by atoms with Gasteiger partial charge >= 0.3 is 0 Å². The van der Waals surface area contributed by atoms with Gasteiger partial charge in [0, 0.05) is 11.9 Å². The van der Waals surface area contributed by atoms with Gasteiger partial charge in [-0.15, -0.1) is 5.10 Å². The summed E-state index contributed by atoms with van der Waals surface area (Å²) in [6.07, 6.45) is 3.34. The number of benzene rings is 1. The first-order valence-corrected chi connectivity index (χ1v) is 9.27. The molecule has 1 aromatic carbocycles. The van der Waals surface area contributed by atoms with Crippen molar-refractivity contribution in [1.29, 1.82) is 0 Å². The van der Waals surface area contributed by atoms with Crippen molar-refractivity contribution in [2.45, 2.75) is 34.0 Å². The van der Waals surface area contributed by atoms with Crippen LogP contribution in [0.3, 0.4) is 0 Å². The molecule has 0 saturated heterocycles. The number of nitrogens with one attached hydrogen (secondary N) is 1. The second-order valence-corrected chi connectivity index (χ2v) is 7.02. The number of nitrogens with zero attached hydrogens (tertiary/aromatic N) is 7. The van der Waals surface area contributed by atoms with E-state index in [1.165, 1.54) is 5.56 Å². The Bertz CT molecular complexity index is 1150. The van der Waals surface area contributed by atoms with Crippen LogP contribution in [0.5, 0.6) is 0 Å². The van der Waals surface area contributed by atoms with E-state index in [-0.39, 0.29) is 11.9 Å². The third-order valence-electron chi connectivity index (χ3n) is 4.44. The van der Waals surface area contributed by atoms with E-state index in [1.807, 2.05) is 49.7 Å². The summed E-state index contributed by atoms with van der Waals surface area (Å²) in [5, 5.41) is 15.7. The van der Waals surface area contributed by atoms with Crippen LogP contribution in [0.1, 0.15) is 33.0 Å². The average Bonchev–Trinajstić information content (AvgIpc) is 3.37. The van der Waals surface area contributed by atoms with Gasteiger partial charge in [0.25, 0.3) is 5.91 Å². The van der Waals surface area contributed by atoms with E-state index in [9.17, 15) is 4.79 Å². The summed E-state index contributed by atoms with van der Waals surface area (Å²) in [5.41, 5.74) is 4.58. The van der Waals surface area contributed by atoms with Crippen molar-refractivity contribution in [2.24, 2.45) is 0 Å². The first-order valence-electron chi connectivity index (χ1n) is 9.27. The fourth-order valence-electron chi connectivity index (χ4n) is 3.11. The van der Waals surface area contributed by atoms with Gasteiger partial charge in [-0.1, -0.05) is 29.8 Å². The molecule has 0 fully saturated rings. The molecule has 148 valence electrons. The van der Waals surface area contributed by atoms with Gasteiger partial charge in [-0.3, -0.25) is 14.8 Å². The molecule has 0 spiro atoms. The first kappa shape index (κ1) is 18.6. The SMILES string of the molecule is Cc1cccc(Cn2cnc(NC(=O)c3ccn(Cn4nc(C)cc4C)n3)n2)c1. The second-order valence-electron chi connectivity index (χ2n) is 7.02. The highest BCUT2D eigenvalue weighted by Gasteiger charge is 2.13. The van der Waals surface area contributed by atoms with Crippen LogP contribution in [0.15, 0.2) is 48.9 Å². The number of carbonyl (C=O) groups excluding carboxylic acids is 1. The molecule has 0 atom stereocenters. The van der Waals surface area contributed by atoms with Gasteiger partial charge < -0.3 is 0 Å². The Morgan fingerprint density at radius 1 is 1.03 bits per heavy atom. The van der Waals surface area contributed by atoms with Crippen LogP contribution in [0.4, 0.5) is 5.95 Å². The summed E-state index contributed by atoms with van der Waals surface area (Å²) in [6, 6.07) is 11.8. The third-order valence-corrected chi connectivity index (χ3v) is 4.44. The molecule has 29 heavy (non-hydrogen) atoms. The maximum Gasteiger partial charge on any atom is 0.278 e. The lowest BCUT2D eigenvalue weighted by Gasteiger charge is -2.04. The summed E-state index contributed by atoms with van der Waals surface area (Å²) in [5.74, 6) is -0.110. The Morgan fingerprint density at radius 3 is 2.66 bits per heavy atom. The standard InChI is InChI=1S/C20H22N8O/c1-14-5-4-6-17(9-14)11-27-12-21-20(25-27)22-19(29)18-7-8-26(24-18)13-28-16(3)10-15(2)23-28/h4-10,12H,11,13H2,1-3H3,(H,22,25,29). The molecule has 3 heterocycles. The highest BCUT2D eigenvalue weighted by atomic mass is 16.2. The smallest absolute Gasteiger partial charge is 0.278 e. The van der Waals surface area contributed by atoms with E-state index in [0.717, 1.165) is 17.0 Å². The minimum absolute atomic E-state index is 0.246. The van der Waals surface area contributed by atoms with Gasteiger partial charge in [0.15, 0.2) is 5.69 Å². The van der Waals surface area contributed by atoms with Crippen LogP contribution in [0.25, 0.3) is 0 Å². The molecule has 0 aliphatic rings. The summed E-state index contributed by atoms with van der Waals surface area (Å²) >= 11 is 0. The molecule has 0 aliphatic heterocycles. The summed E-state index contributed by atoms with van der Waals surface area (Å²) in [4.78, 5) is 16.6. The zero-order chi connectivity index (χ0) is 20.4. The van der Waals surface area contributed by atoms with Crippen LogP contribution in [-0.2, 0) is 13.2 Å². The molecule has 9 heteroatoms. The molecule has 0 saturated carbocycles. The second kappa shape index (κ2) is 7.70. The van der Waals surface area contributed by atoms with Crippen molar-refractivity contribution in [3.8, 4) is 0 Å². The molecular weight excluding hydrogens is 368 g/mol. The molecule has 4 rings (SSSR count). The topological polar surface area (TPSA) is 95.5 Å². The van der Waals surface area contributed by atoms with Crippen molar-refractivity contribution in [2.75, 3.05) is 5.32 Å². The summed E-state index contributed by atoms with van der Waals surface area (Å²) in [7, 11) is 0. The normalized spacial score (nSPS) is 11.0. The van der Waals surface area contributed by atoms with Crippen molar-refractivity contribution in [1.82, 2.24) is 34.3 Å². The number of amides is 1. The largest absolute Gasteiger partial charge is 0.288 e. The molecule has 9 nitrogen and oxygen atoms in total. The molecule has 0 aliphatic carbocycles. The molecule has 0 unspecified atom stereocenters. The highest BCUT2D eigenvalue weighted by molar-refractivity contribution is 6.01. The van der Waals surface area contributed by atoms with Gasteiger partial charge in [0.05, 0.1) is 12.2 Å².